The minimum absolute atomic E-state index is 0. The molecule has 8 rings (SSSR count). The van der Waals surface area contributed by atoms with E-state index in [1.807, 2.05) is 0 Å². The van der Waals surface area contributed by atoms with Crippen LogP contribution in [0.25, 0.3) is 43.1 Å². The molecule has 0 aromatic heterocycles. The Morgan fingerprint density at radius 2 is 0.762 bits per heavy atom. The largest absolute Gasteiger partial charge is 1.00 e. The van der Waals surface area contributed by atoms with Crippen LogP contribution in [-0.2, 0) is 39.7 Å². The molecule has 0 saturated carbocycles. The van der Waals surface area contributed by atoms with Gasteiger partial charge in [-0.3, -0.25) is 29.3 Å². The van der Waals surface area contributed by atoms with E-state index in [0.29, 0.717) is 10.8 Å². The third-order valence-corrected chi connectivity index (χ3v) is 11.1. The van der Waals surface area contributed by atoms with Crippen LogP contribution >= 0.6 is 0 Å². The van der Waals surface area contributed by atoms with Crippen molar-refractivity contribution in [2.24, 2.45) is 20.5 Å². The molecule has 0 aliphatic carbocycles. The number of nitro benzene ring substituents is 2. The van der Waals surface area contributed by atoms with Gasteiger partial charge in [-0.25, -0.2) is 0 Å². The molecule has 0 spiro atoms. The second kappa shape index (κ2) is 17.4. The summed E-state index contributed by atoms with van der Waals surface area (Å²) < 4.78 is 66.0. The number of phenols is 4. The van der Waals surface area contributed by atoms with E-state index in [-0.39, 0.29) is 81.0 Å². The molecule has 0 saturated heterocycles. The van der Waals surface area contributed by atoms with Crippen molar-refractivity contribution in [3.05, 3.63) is 142 Å². The van der Waals surface area contributed by atoms with Gasteiger partial charge in [0, 0.05) is 88.2 Å². The Labute approximate surface area is 372 Å². The van der Waals surface area contributed by atoms with E-state index in [4.69, 9.17) is 0 Å². The van der Waals surface area contributed by atoms with Crippen molar-refractivity contribution in [3.8, 4) is 23.0 Å². The number of hydrogen-bond acceptors (Lipinski definition) is 16. The van der Waals surface area contributed by atoms with Crippen molar-refractivity contribution >= 4 is 97.5 Å². The number of phenolic OH excluding ortho intramolecular Hbond substituents is 4. The predicted molar refractivity (Wildman–Crippen MR) is 228 cm³/mol. The van der Waals surface area contributed by atoms with E-state index in [1.54, 1.807) is 60.7 Å². The van der Waals surface area contributed by atoms with Gasteiger partial charge in [-0.15, -0.1) is 20.5 Å². The number of nitro groups is 2. The SMILES string of the molecule is O=[N+]([O-])c1ccc2c(N=Nc3c(O)ccc4ccccc34)c(O)cc(S(=O)(=O)O)c2c1.O=[N+]([O-])c1ccc2c(N=Nc3c(O)ccc4ccccc34)c(O)cc(S(=O)(=O)O)c2c1.[H+].[H+].[H+].[H+].[Zn]. The van der Waals surface area contributed by atoms with E-state index in [9.17, 15) is 66.6 Å². The standard InChI is InChI=1S/2C20H13N3O7S.Zn/c2*24-16-8-5-11-3-1-2-4-13(11)19(16)21-22-20-14-7-6-12(23(26)27)9-15(14)18(10-17(20)25)31(28,29)30;/h2*1-10,24-25H,(H,28,29,30);/p+4. The summed E-state index contributed by atoms with van der Waals surface area (Å²) in [6.07, 6.45) is 0. The number of non-ortho nitro benzene ring substituents is 2. The zero-order chi connectivity index (χ0) is 44.7. The minimum atomic E-state index is -4.81. The Bertz CT molecular complexity index is 3290. The summed E-state index contributed by atoms with van der Waals surface area (Å²) in [5, 5.41) is 81.7. The molecule has 23 heteroatoms. The number of aromatic hydroxyl groups is 4. The maximum absolute atomic E-state index is 11.7. The van der Waals surface area contributed by atoms with Gasteiger partial charge in [-0.05, 0) is 35.0 Å². The predicted octanol–water partition coefficient (Wildman–Crippen LogP) is 10.4. The molecule has 0 aliphatic heterocycles. The molecule has 0 amide bonds. The van der Waals surface area contributed by atoms with E-state index < -0.39 is 62.7 Å². The molecule has 0 unspecified atom stereocenters. The van der Waals surface area contributed by atoms with Gasteiger partial charge < -0.3 is 20.4 Å². The average Bonchev–Trinajstić information content (AvgIpc) is 3.22. The van der Waals surface area contributed by atoms with Crippen molar-refractivity contribution < 1.29 is 81.4 Å². The molecule has 6 N–H and O–H groups in total. The quantitative estimate of drug-likeness (QED) is 0.0271. The first-order valence-corrected chi connectivity index (χ1v) is 20.3. The van der Waals surface area contributed by atoms with Crippen LogP contribution in [0.1, 0.15) is 5.71 Å². The second-order valence-corrected chi connectivity index (χ2v) is 15.9. The molecule has 314 valence electrons. The Kier molecular flexibility index (Phi) is 12.4. The van der Waals surface area contributed by atoms with Crippen LogP contribution in [0.4, 0.5) is 34.1 Å². The normalized spacial score (nSPS) is 11.8. The number of fused-ring (bicyclic) bond motifs is 4. The van der Waals surface area contributed by atoms with Crippen LogP contribution in [0.5, 0.6) is 23.0 Å². The van der Waals surface area contributed by atoms with Crippen molar-refractivity contribution in [3.63, 3.8) is 0 Å². The van der Waals surface area contributed by atoms with Gasteiger partial charge in [0.2, 0.25) is 0 Å². The topological polar surface area (TPSA) is 325 Å². The summed E-state index contributed by atoms with van der Waals surface area (Å²) in [5.74, 6) is -1.59. The van der Waals surface area contributed by atoms with Crippen molar-refractivity contribution in [2.75, 3.05) is 0 Å². The first-order chi connectivity index (χ1) is 29.3. The number of hydrogen-bond donors (Lipinski definition) is 6. The van der Waals surface area contributed by atoms with Crippen molar-refractivity contribution in [2.45, 2.75) is 9.79 Å². The first kappa shape index (κ1) is 45.0. The Hall–Kier alpha value is -7.56. The first-order valence-electron chi connectivity index (χ1n) is 17.4. The maximum Gasteiger partial charge on any atom is 1.00 e. The molecule has 8 aromatic rings. The molecule has 0 heterocycles. The van der Waals surface area contributed by atoms with Gasteiger partial charge in [-0.2, -0.15) is 16.8 Å². The molecule has 63 heavy (non-hydrogen) atoms. The molecule has 0 atom stereocenters. The second-order valence-electron chi connectivity index (χ2n) is 13.1. The van der Waals surface area contributed by atoms with Gasteiger partial charge in [-0.1, -0.05) is 60.7 Å². The molecule has 8 aromatic carbocycles. The molecular weight excluding hydrogens is 918 g/mol. The molecule has 0 fully saturated rings. The van der Waals surface area contributed by atoms with Crippen molar-refractivity contribution in [1.82, 2.24) is 0 Å². The van der Waals surface area contributed by atoms with Crippen LogP contribution in [0.3, 0.4) is 0 Å². The monoisotopic (exact) mass is 946 g/mol. The molecule has 0 aliphatic rings. The van der Waals surface area contributed by atoms with Crippen LogP contribution in [-0.4, -0.2) is 56.2 Å². The van der Waals surface area contributed by atoms with Gasteiger partial charge in [0.05, 0.1) is 9.85 Å². The van der Waals surface area contributed by atoms with Crippen LogP contribution in [0.15, 0.2) is 152 Å². The summed E-state index contributed by atoms with van der Waals surface area (Å²) in [6, 6.07) is 28.3. The molecule has 0 radical (unpaired) electrons. The zero-order valence-electron chi connectivity index (χ0n) is 35.7. The van der Waals surface area contributed by atoms with E-state index in [1.165, 1.54) is 24.3 Å². The third kappa shape index (κ3) is 9.08. The number of benzene rings is 8. The van der Waals surface area contributed by atoms with Crippen molar-refractivity contribution in [1.29, 1.82) is 0 Å². The smallest absolute Gasteiger partial charge is 0.506 e. The van der Waals surface area contributed by atoms with Gasteiger partial charge in [0.1, 0.15) is 55.5 Å². The van der Waals surface area contributed by atoms with E-state index in [2.05, 4.69) is 20.5 Å². The molecule has 0 bridgehead atoms. The summed E-state index contributed by atoms with van der Waals surface area (Å²) >= 11 is 0. The van der Waals surface area contributed by atoms with Crippen LogP contribution in [0.2, 0.25) is 0 Å². The van der Waals surface area contributed by atoms with Gasteiger partial charge >= 0.3 is 5.71 Å². The fraction of sp³-hybridized carbons (Fsp3) is 0. The van der Waals surface area contributed by atoms with E-state index in [0.717, 1.165) is 47.2 Å². The Balaban J connectivity index is 0.000000428. The average molecular weight is 948 g/mol. The number of rotatable bonds is 8. The Morgan fingerprint density at radius 3 is 1.10 bits per heavy atom. The van der Waals surface area contributed by atoms with Gasteiger partial charge in [0.25, 0.3) is 31.6 Å². The summed E-state index contributed by atoms with van der Waals surface area (Å²) in [6.45, 7) is 0. The van der Waals surface area contributed by atoms with E-state index >= 15 is 0 Å². The number of azo groups is 2. The summed E-state index contributed by atoms with van der Waals surface area (Å²) in [5.41, 5.74) is -0.984. The maximum atomic E-state index is 11.7. The van der Waals surface area contributed by atoms with Crippen LogP contribution < -0.4 is 0 Å². The molecule has 20 nitrogen and oxygen atoms in total. The fourth-order valence-electron chi connectivity index (χ4n) is 6.46. The third-order valence-electron chi connectivity index (χ3n) is 9.30. The fourth-order valence-corrected chi connectivity index (χ4v) is 7.88. The summed E-state index contributed by atoms with van der Waals surface area (Å²) in [7, 11) is -9.62. The minimum Gasteiger partial charge on any atom is -0.506 e. The Morgan fingerprint density at radius 1 is 0.429 bits per heavy atom. The number of nitrogens with zero attached hydrogens (tertiary/aromatic N) is 6. The van der Waals surface area contributed by atoms with Gasteiger partial charge in [0.15, 0.2) is 0 Å². The van der Waals surface area contributed by atoms with Crippen LogP contribution in [0, 0.1) is 20.2 Å². The molecular formula is C40H30N6O14S2Zn+4. The summed E-state index contributed by atoms with van der Waals surface area (Å²) in [4.78, 5) is 19.3. The zero-order valence-corrected chi connectivity index (χ0v) is 36.3.